The fourth-order valence-electron chi connectivity index (χ4n) is 1.74. The molecule has 23 heavy (non-hydrogen) atoms. The number of aromatic nitrogens is 1. The maximum absolute atomic E-state index is 5.74. The Labute approximate surface area is 156 Å². The third-order valence-electron chi connectivity index (χ3n) is 2.97. The predicted octanol–water partition coefficient (Wildman–Crippen LogP) is 3.07. The van der Waals surface area contributed by atoms with Crippen molar-refractivity contribution < 1.29 is 9.15 Å². The highest BCUT2D eigenvalue weighted by molar-refractivity contribution is 14.0. The molecule has 1 heterocycles. The van der Waals surface area contributed by atoms with E-state index < -0.39 is 0 Å². The van der Waals surface area contributed by atoms with Gasteiger partial charge in [-0.1, -0.05) is 20.8 Å². The van der Waals surface area contributed by atoms with Crippen LogP contribution in [0.4, 0.5) is 0 Å². The van der Waals surface area contributed by atoms with Gasteiger partial charge in [0.05, 0.1) is 6.20 Å². The molecule has 0 radical (unpaired) electrons. The van der Waals surface area contributed by atoms with E-state index in [1.807, 2.05) is 13.8 Å². The van der Waals surface area contributed by atoms with Crippen LogP contribution in [0.5, 0.6) is 0 Å². The topological polar surface area (TPSA) is 71.7 Å². The van der Waals surface area contributed by atoms with Gasteiger partial charge in [0, 0.05) is 31.7 Å². The number of nitrogens with zero attached hydrogens (tertiary/aromatic N) is 2. The minimum Gasteiger partial charge on any atom is -0.443 e. The molecule has 6 nitrogen and oxygen atoms in total. The first-order chi connectivity index (χ1) is 10.5. The smallest absolute Gasteiger partial charge is 0.216 e. The summed E-state index contributed by atoms with van der Waals surface area (Å²) < 4.78 is 11.1. The highest BCUT2D eigenvalue weighted by Crippen LogP contribution is 2.22. The summed E-state index contributed by atoms with van der Waals surface area (Å²) in [4.78, 5) is 8.78. The van der Waals surface area contributed by atoms with Crippen LogP contribution >= 0.6 is 24.0 Å². The van der Waals surface area contributed by atoms with Gasteiger partial charge < -0.3 is 19.8 Å². The summed E-state index contributed by atoms with van der Waals surface area (Å²) in [5, 5.41) is 6.49. The number of halogens is 1. The largest absolute Gasteiger partial charge is 0.443 e. The monoisotopic (exact) mass is 438 g/mol. The van der Waals surface area contributed by atoms with Crippen LogP contribution in [0.15, 0.2) is 15.6 Å². The number of nitrogens with one attached hydrogen (secondary N) is 2. The van der Waals surface area contributed by atoms with Crippen molar-refractivity contribution in [3.05, 3.63) is 17.8 Å². The second-order valence-corrected chi connectivity index (χ2v) is 6.04. The third kappa shape index (κ3) is 9.14. The Hall–Kier alpha value is -0.830. The molecule has 0 saturated heterocycles. The van der Waals surface area contributed by atoms with Gasteiger partial charge in [0.15, 0.2) is 5.96 Å². The van der Waals surface area contributed by atoms with Crippen LogP contribution in [0.25, 0.3) is 0 Å². The molecular weight excluding hydrogens is 407 g/mol. The lowest BCUT2D eigenvalue weighted by molar-refractivity contribution is 0.145. The van der Waals surface area contributed by atoms with Crippen LogP contribution in [0.1, 0.15) is 52.7 Å². The van der Waals surface area contributed by atoms with Crippen molar-refractivity contribution in [1.29, 1.82) is 0 Å². The van der Waals surface area contributed by atoms with E-state index in [1.54, 1.807) is 6.20 Å². The molecule has 1 aromatic heterocycles. The Bertz CT molecular complexity index is 455. The molecule has 7 heteroatoms. The van der Waals surface area contributed by atoms with Gasteiger partial charge in [-0.2, -0.15) is 0 Å². The average Bonchev–Trinajstić information content (AvgIpc) is 2.93. The summed E-state index contributed by atoms with van der Waals surface area (Å²) in [6.45, 7) is 13.9. The van der Waals surface area contributed by atoms with Crippen LogP contribution in [0.2, 0.25) is 0 Å². The zero-order chi connectivity index (χ0) is 16.4. The zero-order valence-corrected chi connectivity index (χ0v) is 17.3. The van der Waals surface area contributed by atoms with Crippen molar-refractivity contribution in [2.45, 2.75) is 53.0 Å². The van der Waals surface area contributed by atoms with Gasteiger partial charge >= 0.3 is 0 Å². The van der Waals surface area contributed by atoms with Crippen molar-refractivity contribution in [2.75, 3.05) is 26.3 Å². The van der Waals surface area contributed by atoms with E-state index in [0.717, 1.165) is 44.4 Å². The van der Waals surface area contributed by atoms with Gasteiger partial charge in [-0.25, -0.2) is 9.98 Å². The molecule has 1 rings (SSSR count). The molecule has 134 valence electrons. The minimum absolute atomic E-state index is 0. The Morgan fingerprint density at radius 2 is 2.04 bits per heavy atom. The van der Waals surface area contributed by atoms with Crippen molar-refractivity contribution in [3.8, 4) is 0 Å². The molecule has 2 N–H and O–H groups in total. The summed E-state index contributed by atoms with van der Waals surface area (Å²) >= 11 is 0. The number of rotatable bonds is 8. The summed E-state index contributed by atoms with van der Waals surface area (Å²) in [7, 11) is 0. The standard InChI is InChI=1S/C16H30N4O2.HI/c1-6-17-15(18-9-8-10-21-7-2)20-12-14-19-11-13(22-14)16(3,4)5;/h11H,6-10,12H2,1-5H3,(H2,17,18,20);1H. The molecule has 0 fully saturated rings. The second kappa shape index (κ2) is 11.7. The molecule has 0 saturated carbocycles. The van der Waals surface area contributed by atoms with Crippen LogP contribution in [-0.2, 0) is 16.7 Å². The van der Waals surface area contributed by atoms with E-state index >= 15 is 0 Å². The molecule has 0 atom stereocenters. The number of hydrogen-bond donors (Lipinski definition) is 2. The first kappa shape index (κ1) is 22.2. The average molecular weight is 438 g/mol. The van der Waals surface area contributed by atoms with Crippen molar-refractivity contribution in [2.24, 2.45) is 4.99 Å². The number of ether oxygens (including phenoxy) is 1. The van der Waals surface area contributed by atoms with Crippen molar-refractivity contribution in [1.82, 2.24) is 15.6 Å². The lowest BCUT2D eigenvalue weighted by atomic mass is 9.94. The van der Waals surface area contributed by atoms with Crippen molar-refractivity contribution in [3.63, 3.8) is 0 Å². The Morgan fingerprint density at radius 1 is 1.30 bits per heavy atom. The third-order valence-corrected chi connectivity index (χ3v) is 2.97. The summed E-state index contributed by atoms with van der Waals surface area (Å²) in [6.07, 6.45) is 2.73. The van der Waals surface area contributed by atoms with E-state index in [1.165, 1.54) is 0 Å². The fourth-order valence-corrected chi connectivity index (χ4v) is 1.74. The molecule has 0 aliphatic rings. The van der Waals surface area contributed by atoms with Crippen LogP contribution in [0, 0.1) is 0 Å². The highest BCUT2D eigenvalue weighted by atomic mass is 127. The molecular formula is C16H31IN4O2. The number of oxazole rings is 1. The molecule has 0 aliphatic carbocycles. The van der Waals surface area contributed by atoms with E-state index in [-0.39, 0.29) is 29.4 Å². The number of hydrogen-bond acceptors (Lipinski definition) is 4. The van der Waals surface area contributed by atoms with Gasteiger partial charge in [-0.05, 0) is 20.3 Å². The predicted molar refractivity (Wildman–Crippen MR) is 105 cm³/mol. The van der Waals surface area contributed by atoms with Crippen molar-refractivity contribution >= 4 is 29.9 Å². The SMILES string of the molecule is CCNC(=NCc1ncc(C(C)(C)C)o1)NCCCOCC.I. The first-order valence-corrected chi connectivity index (χ1v) is 8.02. The molecule has 0 aromatic carbocycles. The quantitative estimate of drug-likeness (QED) is 0.283. The molecule has 0 amide bonds. The van der Waals surface area contributed by atoms with Gasteiger partial charge in [-0.3, -0.25) is 0 Å². The maximum atomic E-state index is 5.74. The molecule has 0 spiro atoms. The van der Waals surface area contributed by atoms with Crippen LogP contribution in [0.3, 0.4) is 0 Å². The Balaban J connectivity index is 0.00000484. The minimum atomic E-state index is -0.0308. The van der Waals surface area contributed by atoms with Gasteiger partial charge in [-0.15, -0.1) is 24.0 Å². The Kier molecular flexibility index (Phi) is 11.2. The lowest BCUT2D eigenvalue weighted by Crippen LogP contribution is -2.38. The van der Waals surface area contributed by atoms with E-state index in [0.29, 0.717) is 12.4 Å². The molecule has 0 unspecified atom stereocenters. The van der Waals surface area contributed by atoms with Gasteiger partial charge in [0.2, 0.25) is 5.89 Å². The second-order valence-electron chi connectivity index (χ2n) is 6.04. The number of guanidine groups is 1. The summed E-state index contributed by atoms with van der Waals surface area (Å²) in [5.41, 5.74) is -0.0308. The van der Waals surface area contributed by atoms with Gasteiger partial charge in [0.25, 0.3) is 0 Å². The van der Waals surface area contributed by atoms with Crippen LogP contribution in [-0.4, -0.2) is 37.2 Å². The maximum Gasteiger partial charge on any atom is 0.216 e. The normalized spacial score (nSPS) is 12.0. The summed E-state index contributed by atoms with van der Waals surface area (Å²) in [5.74, 6) is 2.29. The molecule has 0 bridgehead atoms. The first-order valence-electron chi connectivity index (χ1n) is 8.02. The molecule has 0 aliphatic heterocycles. The Morgan fingerprint density at radius 3 is 2.61 bits per heavy atom. The van der Waals surface area contributed by atoms with Crippen LogP contribution < -0.4 is 10.6 Å². The van der Waals surface area contributed by atoms with E-state index in [9.17, 15) is 0 Å². The lowest BCUT2D eigenvalue weighted by Gasteiger charge is -2.13. The zero-order valence-electron chi connectivity index (χ0n) is 14.9. The molecule has 1 aromatic rings. The highest BCUT2D eigenvalue weighted by Gasteiger charge is 2.18. The van der Waals surface area contributed by atoms with Gasteiger partial charge in [0.1, 0.15) is 12.3 Å². The summed E-state index contributed by atoms with van der Waals surface area (Å²) in [6, 6.07) is 0. The van der Waals surface area contributed by atoms with E-state index in [2.05, 4.69) is 41.4 Å². The van der Waals surface area contributed by atoms with E-state index in [4.69, 9.17) is 9.15 Å². The fraction of sp³-hybridized carbons (Fsp3) is 0.750. The number of aliphatic imine (C=N–C) groups is 1.